The molecule has 0 spiro atoms. The SMILES string of the molecule is O=C(NCCc1ccc(Cl)cc1)c1ccc(Oc2c(C3CC3)cc3c(c2C2CC2)OCC[CH-]3)cc1.[Na+]. The van der Waals surface area contributed by atoms with Gasteiger partial charge in [-0.1, -0.05) is 29.3 Å². The molecule has 1 N–H and O–H groups in total. The number of hydrogen-bond acceptors (Lipinski definition) is 3. The van der Waals surface area contributed by atoms with Crippen molar-refractivity contribution in [2.45, 2.75) is 50.4 Å². The maximum Gasteiger partial charge on any atom is 1.00 e. The van der Waals surface area contributed by atoms with Gasteiger partial charge in [-0.25, -0.2) is 0 Å². The van der Waals surface area contributed by atoms with Crippen LogP contribution in [0.25, 0.3) is 0 Å². The van der Waals surface area contributed by atoms with Crippen molar-refractivity contribution in [2.24, 2.45) is 0 Å². The molecular weight excluding hydrogens is 481 g/mol. The van der Waals surface area contributed by atoms with Gasteiger partial charge in [0, 0.05) is 22.9 Å². The zero-order valence-corrected chi connectivity index (χ0v) is 23.4. The number of benzene rings is 3. The Morgan fingerprint density at radius 3 is 2.44 bits per heavy atom. The van der Waals surface area contributed by atoms with E-state index in [1.165, 1.54) is 42.4 Å². The van der Waals surface area contributed by atoms with Crippen LogP contribution < -0.4 is 44.3 Å². The Morgan fingerprint density at radius 1 is 1.03 bits per heavy atom. The van der Waals surface area contributed by atoms with E-state index in [-0.39, 0.29) is 35.5 Å². The third-order valence-corrected chi connectivity index (χ3v) is 7.26. The third-order valence-electron chi connectivity index (χ3n) is 7.00. The van der Waals surface area contributed by atoms with Gasteiger partial charge < -0.3 is 14.8 Å². The molecule has 2 saturated carbocycles. The number of carbonyl (C=O) groups excluding carboxylic acids is 1. The molecule has 36 heavy (non-hydrogen) atoms. The molecule has 3 aromatic carbocycles. The Morgan fingerprint density at radius 2 is 1.75 bits per heavy atom. The Balaban J connectivity index is 0.00000267. The monoisotopic (exact) mass is 509 g/mol. The average Bonchev–Trinajstić information content (AvgIpc) is 3.79. The van der Waals surface area contributed by atoms with Crippen molar-refractivity contribution >= 4 is 17.5 Å². The number of rotatable bonds is 8. The minimum atomic E-state index is -0.0828. The fourth-order valence-corrected chi connectivity index (χ4v) is 4.95. The Bertz CT molecular complexity index is 1230. The molecule has 2 aliphatic carbocycles. The maximum atomic E-state index is 12.6. The summed E-state index contributed by atoms with van der Waals surface area (Å²) in [5, 5.41) is 3.71. The molecule has 1 aliphatic heterocycles. The second kappa shape index (κ2) is 11.1. The molecule has 0 atom stereocenters. The van der Waals surface area contributed by atoms with E-state index in [1.807, 2.05) is 48.5 Å². The Hall–Kier alpha value is -2.11. The summed E-state index contributed by atoms with van der Waals surface area (Å²) >= 11 is 5.94. The van der Waals surface area contributed by atoms with Crippen molar-refractivity contribution in [2.75, 3.05) is 13.2 Å². The van der Waals surface area contributed by atoms with Crippen LogP contribution in [0.2, 0.25) is 5.02 Å². The molecule has 6 rings (SSSR count). The first kappa shape index (κ1) is 25.5. The summed E-state index contributed by atoms with van der Waals surface area (Å²) in [6.07, 6.45) is 8.84. The van der Waals surface area contributed by atoms with Crippen LogP contribution >= 0.6 is 11.6 Å². The zero-order chi connectivity index (χ0) is 23.8. The molecular formula is C30H29ClNNaO3. The van der Waals surface area contributed by atoms with Gasteiger partial charge in [0.2, 0.25) is 0 Å². The zero-order valence-electron chi connectivity index (χ0n) is 20.7. The van der Waals surface area contributed by atoms with Crippen molar-refractivity contribution in [1.29, 1.82) is 0 Å². The van der Waals surface area contributed by atoms with Crippen molar-refractivity contribution in [1.82, 2.24) is 5.32 Å². The summed E-state index contributed by atoms with van der Waals surface area (Å²) < 4.78 is 12.7. The van der Waals surface area contributed by atoms with Crippen LogP contribution in [0.4, 0.5) is 0 Å². The number of fused-ring (bicyclic) bond motifs is 1. The first-order chi connectivity index (χ1) is 17.2. The second-order valence-electron chi connectivity index (χ2n) is 9.78. The molecule has 180 valence electrons. The van der Waals surface area contributed by atoms with Gasteiger partial charge >= 0.3 is 29.6 Å². The summed E-state index contributed by atoms with van der Waals surface area (Å²) in [6, 6.07) is 17.5. The number of hydrogen-bond donors (Lipinski definition) is 1. The maximum absolute atomic E-state index is 12.6. The van der Waals surface area contributed by atoms with Crippen molar-refractivity contribution < 1.29 is 43.8 Å². The van der Waals surface area contributed by atoms with E-state index in [0.29, 0.717) is 23.9 Å². The summed E-state index contributed by atoms with van der Waals surface area (Å²) in [6.45, 7) is 1.30. The van der Waals surface area contributed by atoms with E-state index in [4.69, 9.17) is 21.1 Å². The molecule has 2 fully saturated rings. The van der Waals surface area contributed by atoms with Crippen molar-refractivity contribution in [3.05, 3.63) is 93.9 Å². The number of ether oxygens (including phenoxy) is 2. The van der Waals surface area contributed by atoms with E-state index in [0.717, 1.165) is 47.3 Å². The first-order valence-electron chi connectivity index (χ1n) is 12.6. The molecule has 0 aromatic heterocycles. The minimum absolute atomic E-state index is 0. The van der Waals surface area contributed by atoms with Crippen LogP contribution in [0.3, 0.4) is 0 Å². The van der Waals surface area contributed by atoms with Crippen LogP contribution in [0, 0.1) is 6.42 Å². The summed E-state index contributed by atoms with van der Waals surface area (Å²) in [5.41, 5.74) is 5.57. The number of amides is 1. The second-order valence-corrected chi connectivity index (χ2v) is 10.2. The summed E-state index contributed by atoms with van der Waals surface area (Å²) in [7, 11) is 0. The number of nitrogens with one attached hydrogen (secondary N) is 1. The quantitative estimate of drug-likeness (QED) is 0.366. The standard InChI is InChI=1S/C30H29ClNO3.Na/c31-24-11-3-19(4-12-24)15-16-32-30(33)22-9-13-25(14-10-22)35-29-26(20-5-6-20)18-23-2-1-17-34-28(23)27(29)21-7-8-21;/h2-4,9-14,18,20-21H,1,5-8,15-17H2,(H,32,33);/q-1;+1. The fraction of sp³-hybridized carbons (Fsp3) is 0.333. The third kappa shape index (κ3) is 5.73. The van der Waals surface area contributed by atoms with Gasteiger partial charge in [0.15, 0.2) is 0 Å². The molecule has 1 amide bonds. The molecule has 3 aromatic rings. The Kier molecular flexibility index (Phi) is 7.87. The van der Waals surface area contributed by atoms with Crippen LogP contribution in [-0.2, 0) is 6.42 Å². The molecule has 4 nitrogen and oxygen atoms in total. The van der Waals surface area contributed by atoms with E-state index in [9.17, 15) is 4.79 Å². The van der Waals surface area contributed by atoms with Gasteiger partial charge in [-0.2, -0.15) is 12.5 Å². The van der Waals surface area contributed by atoms with Crippen LogP contribution in [0.1, 0.15) is 76.6 Å². The van der Waals surface area contributed by atoms with E-state index in [1.54, 1.807) is 0 Å². The van der Waals surface area contributed by atoms with E-state index in [2.05, 4.69) is 17.8 Å². The van der Waals surface area contributed by atoms with E-state index < -0.39 is 0 Å². The average molecular weight is 510 g/mol. The van der Waals surface area contributed by atoms with Crippen molar-refractivity contribution in [3.8, 4) is 17.2 Å². The van der Waals surface area contributed by atoms with E-state index >= 15 is 0 Å². The topological polar surface area (TPSA) is 47.6 Å². The predicted octanol–water partition coefficient (Wildman–Crippen LogP) is 4.20. The molecule has 0 unspecified atom stereocenters. The molecule has 0 saturated heterocycles. The van der Waals surface area contributed by atoms with Crippen LogP contribution in [0.15, 0.2) is 54.6 Å². The van der Waals surface area contributed by atoms with Gasteiger partial charge in [-0.15, -0.1) is 5.56 Å². The van der Waals surface area contributed by atoms with Gasteiger partial charge in [0.05, 0.1) is 6.61 Å². The fourth-order valence-electron chi connectivity index (χ4n) is 4.82. The number of carbonyl (C=O) groups is 1. The van der Waals surface area contributed by atoms with Gasteiger partial charge in [0.1, 0.15) is 11.5 Å². The molecule has 0 radical (unpaired) electrons. The molecule has 6 heteroatoms. The summed E-state index contributed by atoms with van der Waals surface area (Å²) in [4.78, 5) is 12.6. The van der Waals surface area contributed by atoms with Crippen LogP contribution in [-0.4, -0.2) is 19.1 Å². The molecule has 0 bridgehead atoms. The van der Waals surface area contributed by atoms with Gasteiger partial charge in [-0.3, -0.25) is 4.79 Å². The van der Waals surface area contributed by atoms with Crippen LogP contribution in [0.5, 0.6) is 17.2 Å². The normalized spacial score (nSPS) is 16.1. The minimum Gasteiger partial charge on any atom is -0.551 e. The predicted molar refractivity (Wildman–Crippen MR) is 138 cm³/mol. The van der Waals surface area contributed by atoms with Gasteiger partial charge in [0.25, 0.3) is 5.91 Å². The molecule has 1 heterocycles. The van der Waals surface area contributed by atoms with Gasteiger partial charge in [-0.05, 0) is 97.9 Å². The summed E-state index contributed by atoms with van der Waals surface area (Å²) in [5.74, 6) is 3.79. The number of halogens is 1. The molecule has 3 aliphatic rings. The smallest absolute Gasteiger partial charge is 0.551 e. The largest absolute Gasteiger partial charge is 1.00 e. The first-order valence-corrected chi connectivity index (χ1v) is 13.0. The Labute approximate surface area is 240 Å². The van der Waals surface area contributed by atoms with Crippen molar-refractivity contribution in [3.63, 3.8) is 0 Å².